The molecule has 88 valence electrons. The highest BCUT2D eigenvalue weighted by Gasteiger charge is 2.30. The number of carbonyl (C=O) groups is 1. The van der Waals surface area contributed by atoms with Crippen molar-refractivity contribution in [2.45, 2.75) is 51.2 Å². The molecular weight excluding hydrogens is 196 g/mol. The van der Waals surface area contributed by atoms with Gasteiger partial charge >= 0.3 is 5.97 Å². The number of rotatable bonds is 4. The summed E-state index contributed by atoms with van der Waals surface area (Å²) in [6, 6.07) is 0. The van der Waals surface area contributed by atoms with Crippen LogP contribution >= 0.6 is 0 Å². The number of ether oxygens (including phenoxy) is 1. The first-order valence-corrected chi connectivity index (χ1v) is 5.47. The molecule has 0 bridgehead atoms. The van der Waals surface area contributed by atoms with Crippen molar-refractivity contribution in [2.24, 2.45) is 5.92 Å². The molecule has 1 saturated carbocycles. The minimum atomic E-state index is -1.12. The Labute approximate surface area is 90.2 Å². The van der Waals surface area contributed by atoms with Gasteiger partial charge in [0.15, 0.2) is 5.60 Å². The standard InChI is InChI=1S/C11H20O4/c1-11(2,10(13)14)15-7-8-4-3-5-9(12)6-8/h8-9,12H,3-7H2,1-2H3,(H,13,14)/t8-,9+/m1/s1. The molecule has 15 heavy (non-hydrogen) atoms. The smallest absolute Gasteiger partial charge is 0.335 e. The van der Waals surface area contributed by atoms with Crippen LogP contribution in [0, 0.1) is 5.92 Å². The molecule has 0 aromatic rings. The Balaban J connectivity index is 2.33. The molecule has 1 rings (SSSR count). The molecule has 4 nitrogen and oxygen atoms in total. The number of aliphatic hydroxyl groups excluding tert-OH is 1. The quantitative estimate of drug-likeness (QED) is 0.745. The van der Waals surface area contributed by atoms with Crippen molar-refractivity contribution in [3.63, 3.8) is 0 Å². The molecule has 4 heteroatoms. The van der Waals surface area contributed by atoms with Crippen LogP contribution in [-0.2, 0) is 9.53 Å². The minimum absolute atomic E-state index is 0.236. The molecule has 2 N–H and O–H groups in total. The van der Waals surface area contributed by atoms with Gasteiger partial charge in [0.2, 0.25) is 0 Å². The summed E-state index contributed by atoms with van der Waals surface area (Å²) in [6.45, 7) is 3.53. The number of aliphatic carboxylic acids is 1. The summed E-state index contributed by atoms with van der Waals surface area (Å²) in [5.74, 6) is -0.647. The summed E-state index contributed by atoms with van der Waals surface area (Å²) in [5.41, 5.74) is -1.12. The largest absolute Gasteiger partial charge is 0.479 e. The molecule has 2 atom stereocenters. The molecular formula is C11H20O4. The van der Waals surface area contributed by atoms with Gasteiger partial charge < -0.3 is 14.9 Å². The molecule has 1 aliphatic rings. The maximum Gasteiger partial charge on any atom is 0.335 e. The highest BCUT2D eigenvalue weighted by Crippen LogP contribution is 2.25. The van der Waals surface area contributed by atoms with E-state index < -0.39 is 11.6 Å². The molecule has 0 spiro atoms. The predicted octanol–water partition coefficient (Wildman–Crippen LogP) is 1.42. The van der Waals surface area contributed by atoms with Crippen LogP contribution in [0.4, 0.5) is 0 Å². The zero-order valence-corrected chi connectivity index (χ0v) is 9.40. The summed E-state index contributed by atoms with van der Waals surface area (Å²) in [6.07, 6.45) is 3.38. The number of carboxylic acids is 1. The highest BCUT2D eigenvalue weighted by atomic mass is 16.5. The van der Waals surface area contributed by atoms with Crippen LogP contribution in [0.3, 0.4) is 0 Å². The lowest BCUT2D eigenvalue weighted by Gasteiger charge is -2.28. The van der Waals surface area contributed by atoms with E-state index in [2.05, 4.69) is 0 Å². The van der Waals surface area contributed by atoms with Crippen LogP contribution in [0.1, 0.15) is 39.5 Å². The van der Waals surface area contributed by atoms with E-state index in [0.717, 1.165) is 25.7 Å². The summed E-state index contributed by atoms with van der Waals surface area (Å²) >= 11 is 0. The van der Waals surface area contributed by atoms with Crippen molar-refractivity contribution in [2.75, 3.05) is 6.61 Å². The number of aliphatic hydroxyl groups is 1. The van der Waals surface area contributed by atoms with Crippen molar-refractivity contribution in [1.82, 2.24) is 0 Å². The van der Waals surface area contributed by atoms with Gasteiger partial charge in [-0.15, -0.1) is 0 Å². The average Bonchev–Trinajstić information content (AvgIpc) is 2.15. The predicted molar refractivity (Wildman–Crippen MR) is 55.6 cm³/mol. The molecule has 0 amide bonds. The summed E-state index contributed by atoms with van der Waals surface area (Å²) in [4.78, 5) is 10.8. The number of hydrogen-bond acceptors (Lipinski definition) is 3. The van der Waals surface area contributed by atoms with E-state index in [1.807, 2.05) is 0 Å². The molecule has 0 heterocycles. The molecule has 1 aliphatic carbocycles. The van der Waals surface area contributed by atoms with Crippen LogP contribution in [0.2, 0.25) is 0 Å². The molecule has 0 aliphatic heterocycles. The molecule has 0 aromatic heterocycles. The maximum atomic E-state index is 10.8. The van der Waals surface area contributed by atoms with Gasteiger partial charge in [0.25, 0.3) is 0 Å². The van der Waals surface area contributed by atoms with E-state index in [9.17, 15) is 9.90 Å². The van der Waals surface area contributed by atoms with Gasteiger partial charge in [-0.05, 0) is 39.0 Å². The van der Waals surface area contributed by atoms with E-state index in [1.165, 1.54) is 0 Å². The van der Waals surface area contributed by atoms with Gasteiger partial charge in [0, 0.05) is 0 Å². The van der Waals surface area contributed by atoms with Gasteiger partial charge in [0.05, 0.1) is 12.7 Å². The normalized spacial score (nSPS) is 27.7. The Hall–Kier alpha value is -0.610. The molecule has 1 fully saturated rings. The fourth-order valence-corrected chi connectivity index (χ4v) is 1.80. The minimum Gasteiger partial charge on any atom is -0.479 e. The molecule has 0 saturated heterocycles. The van der Waals surface area contributed by atoms with Crippen LogP contribution in [-0.4, -0.2) is 34.5 Å². The molecule has 0 aromatic carbocycles. The van der Waals surface area contributed by atoms with Gasteiger partial charge in [0.1, 0.15) is 0 Å². The Bertz CT molecular complexity index is 225. The van der Waals surface area contributed by atoms with E-state index in [0.29, 0.717) is 12.5 Å². The first-order valence-electron chi connectivity index (χ1n) is 5.47. The second-order valence-electron chi connectivity index (χ2n) is 4.81. The first kappa shape index (κ1) is 12.5. The van der Waals surface area contributed by atoms with E-state index >= 15 is 0 Å². The topological polar surface area (TPSA) is 66.8 Å². The lowest BCUT2D eigenvalue weighted by molar-refractivity contribution is -0.163. The third-order valence-corrected chi connectivity index (χ3v) is 2.95. The van der Waals surface area contributed by atoms with Crippen LogP contribution < -0.4 is 0 Å². The fraction of sp³-hybridized carbons (Fsp3) is 0.909. The maximum absolute atomic E-state index is 10.8. The Morgan fingerprint density at radius 1 is 1.47 bits per heavy atom. The molecule has 0 unspecified atom stereocenters. The van der Waals surface area contributed by atoms with Crippen molar-refractivity contribution in [3.05, 3.63) is 0 Å². The Morgan fingerprint density at radius 2 is 2.13 bits per heavy atom. The summed E-state index contributed by atoms with van der Waals surface area (Å²) in [7, 11) is 0. The SMILES string of the molecule is CC(C)(OC[C@@H]1CCC[C@H](O)C1)C(=O)O. The van der Waals surface area contributed by atoms with E-state index in [4.69, 9.17) is 9.84 Å². The third-order valence-electron chi connectivity index (χ3n) is 2.95. The van der Waals surface area contributed by atoms with E-state index in [-0.39, 0.29) is 6.10 Å². The number of carboxylic acid groups (broad SMARTS) is 1. The number of hydrogen-bond donors (Lipinski definition) is 2. The second kappa shape index (κ2) is 4.94. The van der Waals surface area contributed by atoms with Gasteiger partial charge in [-0.1, -0.05) is 6.42 Å². The summed E-state index contributed by atoms with van der Waals surface area (Å²) in [5, 5.41) is 18.3. The van der Waals surface area contributed by atoms with Crippen LogP contribution in [0.15, 0.2) is 0 Å². The Morgan fingerprint density at radius 3 is 2.67 bits per heavy atom. The highest BCUT2D eigenvalue weighted by molar-refractivity contribution is 5.76. The Kier molecular flexibility index (Phi) is 4.11. The van der Waals surface area contributed by atoms with Gasteiger partial charge in [-0.3, -0.25) is 0 Å². The van der Waals surface area contributed by atoms with Gasteiger partial charge in [-0.25, -0.2) is 4.79 Å². The second-order valence-corrected chi connectivity index (χ2v) is 4.81. The zero-order chi connectivity index (χ0) is 11.5. The lowest BCUT2D eigenvalue weighted by atomic mass is 9.88. The van der Waals surface area contributed by atoms with E-state index in [1.54, 1.807) is 13.8 Å². The summed E-state index contributed by atoms with van der Waals surface area (Å²) < 4.78 is 5.37. The van der Waals surface area contributed by atoms with Crippen molar-refractivity contribution >= 4 is 5.97 Å². The monoisotopic (exact) mass is 216 g/mol. The van der Waals surface area contributed by atoms with Crippen molar-refractivity contribution < 1.29 is 19.7 Å². The van der Waals surface area contributed by atoms with Gasteiger partial charge in [-0.2, -0.15) is 0 Å². The van der Waals surface area contributed by atoms with Crippen LogP contribution in [0.5, 0.6) is 0 Å². The first-order chi connectivity index (χ1) is 6.92. The van der Waals surface area contributed by atoms with Crippen molar-refractivity contribution in [1.29, 1.82) is 0 Å². The fourth-order valence-electron chi connectivity index (χ4n) is 1.80. The van der Waals surface area contributed by atoms with Crippen molar-refractivity contribution in [3.8, 4) is 0 Å². The lowest BCUT2D eigenvalue weighted by Crippen LogP contribution is -2.37. The average molecular weight is 216 g/mol. The molecule has 0 radical (unpaired) electrons. The zero-order valence-electron chi connectivity index (χ0n) is 9.40. The van der Waals surface area contributed by atoms with Crippen LogP contribution in [0.25, 0.3) is 0 Å². The third kappa shape index (κ3) is 3.80.